The first kappa shape index (κ1) is 17.6. The Bertz CT molecular complexity index is 920. The number of para-hydroxylation sites is 1. The molecule has 1 aromatic heterocycles. The summed E-state index contributed by atoms with van der Waals surface area (Å²) in [4.78, 5) is 14.6. The van der Waals surface area contributed by atoms with Crippen LogP contribution in [0.5, 0.6) is 5.75 Å². The number of halogens is 3. The Kier molecular flexibility index (Phi) is 4.97. The normalized spacial score (nSPS) is 11.3. The molecule has 2 N–H and O–H groups in total. The number of hydrogen-bond acceptors (Lipinski definition) is 4. The van der Waals surface area contributed by atoms with E-state index < -0.39 is 12.1 Å². The number of nitrogens with zero attached hydrogens (tertiary/aromatic N) is 2. The van der Waals surface area contributed by atoms with Crippen LogP contribution in [-0.4, -0.2) is 21.1 Å². The van der Waals surface area contributed by atoms with E-state index in [9.17, 15) is 18.0 Å². The van der Waals surface area contributed by atoms with Gasteiger partial charge in [-0.05, 0) is 29.8 Å². The van der Waals surface area contributed by atoms with Crippen LogP contribution in [0.1, 0.15) is 11.4 Å². The van der Waals surface area contributed by atoms with Crippen molar-refractivity contribution in [1.29, 1.82) is 0 Å². The molecule has 0 radical (unpaired) electrons. The molecule has 0 aliphatic carbocycles. The van der Waals surface area contributed by atoms with E-state index in [-0.39, 0.29) is 12.3 Å². The van der Waals surface area contributed by atoms with Gasteiger partial charge in [-0.25, -0.2) is 9.48 Å². The number of anilines is 1. The van der Waals surface area contributed by atoms with Gasteiger partial charge in [0.05, 0.1) is 13.1 Å². The van der Waals surface area contributed by atoms with Crippen LogP contribution in [0.2, 0.25) is 0 Å². The summed E-state index contributed by atoms with van der Waals surface area (Å²) in [6.07, 6.45) is -4.77. The average molecular weight is 364 g/mol. The molecule has 26 heavy (non-hydrogen) atoms. The van der Waals surface area contributed by atoms with Crippen molar-refractivity contribution < 1.29 is 17.9 Å². The molecule has 0 saturated heterocycles. The molecule has 3 rings (SSSR count). The third-order valence-corrected chi connectivity index (χ3v) is 3.43. The standard InChI is InChI=1S/C17H15F3N4O2/c18-17(19,20)26-14-8-4-5-12(9-14)11-24-16(25)22-15(23-24)10-21-13-6-2-1-3-7-13/h1-9,21H,10-11H2,(H,22,23,25). The van der Waals surface area contributed by atoms with Gasteiger partial charge in [0.1, 0.15) is 11.6 Å². The van der Waals surface area contributed by atoms with Gasteiger partial charge in [-0.2, -0.15) is 5.10 Å². The molecule has 0 saturated carbocycles. The number of alkyl halides is 3. The molecule has 0 fully saturated rings. The predicted molar refractivity (Wildman–Crippen MR) is 88.8 cm³/mol. The highest BCUT2D eigenvalue weighted by Crippen LogP contribution is 2.23. The summed E-state index contributed by atoms with van der Waals surface area (Å²) >= 11 is 0. The highest BCUT2D eigenvalue weighted by atomic mass is 19.4. The molecule has 9 heteroatoms. The van der Waals surface area contributed by atoms with Gasteiger partial charge in [-0.1, -0.05) is 30.3 Å². The van der Waals surface area contributed by atoms with Crippen molar-refractivity contribution in [3.8, 4) is 5.75 Å². The molecular weight excluding hydrogens is 349 g/mol. The summed E-state index contributed by atoms with van der Waals surface area (Å²) in [7, 11) is 0. The van der Waals surface area contributed by atoms with E-state index >= 15 is 0 Å². The lowest BCUT2D eigenvalue weighted by Gasteiger charge is -2.09. The topological polar surface area (TPSA) is 71.9 Å². The number of aromatic amines is 1. The van der Waals surface area contributed by atoms with Crippen molar-refractivity contribution in [2.75, 3.05) is 5.32 Å². The highest BCUT2D eigenvalue weighted by molar-refractivity contribution is 5.42. The smallest absolute Gasteiger partial charge is 0.406 e. The second-order valence-electron chi connectivity index (χ2n) is 5.45. The van der Waals surface area contributed by atoms with Crippen LogP contribution in [0.4, 0.5) is 18.9 Å². The lowest BCUT2D eigenvalue weighted by molar-refractivity contribution is -0.274. The highest BCUT2D eigenvalue weighted by Gasteiger charge is 2.31. The van der Waals surface area contributed by atoms with E-state index in [1.807, 2.05) is 30.3 Å². The van der Waals surface area contributed by atoms with Gasteiger partial charge >= 0.3 is 12.1 Å². The van der Waals surface area contributed by atoms with Gasteiger partial charge in [-0.15, -0.1) is 13.2 Å². The van der Waals surface area contributed by atoms with E-state index in [0.29, 0.717) is 17.9 Å². The number of benzene rings is 2. The lowest BCUT2D eigenvalue weighted by Crippen LogP contribution is -2.19. The van der Waals surface area contributed by atoms with Gasteiger partial charge in [-0.3, -0.25) is 4.98 Å². The van der Waals surface area contributed by atoms with Crippen molar-refractivity contribution in [1.82, 2.24) is 14.8 Å². The summed E-state index contributed by atoms with van der Waals surface area (Å²) < 4.78 is 41.9. The lowest BCUT2D eigenvalue weighted by atomic mass is 10.2. The molecule has 2 aromatic carbocycles. The molecule has 3 aromatic rings. The Morgan fingerprint density at radius 3 is 2.62 bits per heavy atom. The molecule has 1 heterocycles. The monoisotopic (exact) mass is 364 g/mol. The second kappa shape index (κ2) is 7.34. The first-order valence-corrected chi connectivity index (χ1v) is 7.69. The van der Waals surface area contributed by atoms with E-state index in [1.54, 1.807) is 6.07 Å². The van der Waals surface area contributed by atoms with E-state index in [2.05, 4.69) is 20.1 Å². The Labute approximate surface area is 146 Å². The zero-order chi connectivity index (χ0) is 18.6. The number of ether oxygens (including phenoxy) is 1. The summed E-state index contributed by atoms with van der Waals surface area (Å²) in [5, 5.41) is 7.26. The fourth-order valence-electron chi connectivity index (χ4n) is 2.35. The van der Waals surface area contributed by atoms with Crippen LogP contribution < -0.4 is 15.7 Å². The molecule has 0 unspecified atom stereocenters. The number of nitrogens with one attached hydrogen (secondary N) is 2. The minimum absolute atomic E-state index is 0.0235. The van der Waals surface area contributed by atoms with Crippen molar-refractivity contribution in [3.63, 3.8) is 0 Å². The minimum atomic E-state index is -4.77. The van der Waals surface area contributed by atoms with Crippen LogP contribution >= 0.6 is 0 Å². The third kappa shape index (κ3) is 4.88. The number of hydrogen-bond donors (Lipinski definition) is 2. The van der Waals surface area contributed by atoms with Gasteiger partial charge in [0.2, 0.25) is 0 Å². The van der Waals surface area contributed by atoms with E-state index in [4.69, 9.17) is 0 Å². The Balaban J connectivity index is 1.68. The largest absolute Gasteiger partial charge is 0.573 e. The van der Waals surface area contributed by atoms with Gasteiger partial charge in [0.25, 0.3) is 0 Å². The van der Waals surface area contributed by atoms with Gasteiger partial charge < -0.3 is 10.1 Å². The Morgan fingerprint density at radius 1 is 1.12 bits per heavy atom. The average Bonchev–Trinajstić information content (AvgIpc) is 2.92. The number of rotatable bonds is 6. The summed E-state index contributed by atoms with van der Waals surface area (Å²) in [6.45, 7) is 0.333. The third-order valence-electron chi connectivity index (χ3n) is 3.43. The summed E-state index contributed by atoms with van der Waals surface area (Å²) in [5.41, 5.74) is 0.889. The van der Waals surface area contributed by atoms with Crippen LogP contribution in [0, 0.1) is 0 Å². The fraction of sp³-hybridized carbons (Fsp3) is 0.176. The predicted octanol–water partition coefficient (Wildman–Crippen LogP) is 3.13. The van der Waals surface area contributed by atoms with Crippen LogP contribution in [0.25, 0.3) is 0 Å². The molecule has 0 amide bonds. The number of H-pyrrole nitrogens is 1. The Hall–Kier alpha value is -3.23. The second-order valence-corrected chi connectivity index (χ2v) is 5.45. The quantitative estimate of drug-likeness (QED) is 0.705. The van der Waals surface area contributed by atoms with Crippen LogP contribution in [0.15, 0.2) is 59.4 Å². The van der Waals surface area contributed by atoms with Crippen LogP contribution in [-0.2, 0) is 13.1 Å². The van der Waals surface area contributed by atoms with Gasteiger partial charge in [0, 0.05) is 5.69 Å². The molecule has 0 bridgehead atoms. The zero-order valence-corrected chi connectivity index (χ0v) is 13.5. The molecule has 0 atom stereocenters. The first-order valence-electron chi connectivity index (χ1n) is 7.69. The molecule has 0 aliphatic heterocycles. The van der Waals surface area contributed by atoms with Crippen molar-refractivity contribution in [2.45, 2.75) is 19.5 Å². The molecule has 0 aliphatic rings. The number of aromatic nitrogens is 3. The fourth-order valence-corrected chi connectivity index (χ4v) is 2.35. The molecule has 6 nitrogen and oxygen atoms in total. The molecule has 0 spiro atoms. The van der Waals surface area contributed by atoms with Crippen molar-refractivity contribution in [2.24, 2.45) is 0 Å². The maximum atomic E-state index is 12.3. The van der Waals surface area contributed by atoms with Crippen LogP contribution in [0.3, 0.4) is 0 Å². The maximum absolute atomic E-state index is 12.3. The SMILES string of the molecule is O=c1[nH]c(CNc2ccccc2)nn1Cc1cccc(OC(F)(F)F)c1. The first-order chi connectivity index (χ1) is 12.4. The minimum Gasteiger partial charge on any atom is -0.406 e. The summed E-state index contributed by atoms with van der Waals surface area (Å²) in [5.74, 6) is 0.0751. The maximum Gasteiger partial charge on any atom is 0.573 e. The van der Waals surface area contributed by atoms with Crippen molar-refractivity contribution in [3.05, 3.63) is 76.5 Å². The molecule has 136 valence electrons. The Morgan fingerprint density at radius 2 is 1.88 bits per heavy atom. The zero-order valence-electron chi connectivity index (χ0n) is 13.5. The van der Waals surface area contributed by atoms with E-state index in [0.717, 1.165) is 10.4 Å². The van der Waals surface area contributed by atoms with E-state index in [1.165, 1.54) is 18.2 Å². The summed E-state index contributed by atoms with van der Waals surface area (Å²) in [6, 6.07) is 14.8. The molecular formula is C17H15F3N4O2. The van der Waals surface area contributed by atoms with Crippen molar-refractivity contribution >= 4 is 5.69 Å². The van der Waals surface area contributed by atoms with Gasteiger partial charge in [0.15, 0.2) is 0 Å².